The van der Waals surface area contributed by atoms with Gasteiger partial charge in [0.1, 0.15) is 5.65 Å². The lowest BCUT2D eigenvalue weighted by Crippen LogP contribution is -1.95. The Morgan fingerprint density at radius 3 is 2.37 bits per heavy atom. The van der Waals surface area contributed by atoms with E-state index in [2.05, 4.69) is 69.0 Å². The van der Waals surface area contributed by atoms with Crippen LogP contribution < -0.4 is 0 Å². The van der Waals surface area contributed by atoms with Crippen molar-refractivity contribution >= 4 is 38.4 Å². The molecule has 0 saturated carbocycles. The van der Waals surface area contributed by atoms with E-state index in [0.717, 1.165) is 35.0 Å². The molecule has 4 heteroatoms. The Hall–Kier alpha value is -4.57. The molecule has 0 spiro atoms. The van der Waals surface area contributed by atoms with Crippen molar-refractivity contribution in [2.24, 2.45) is 0 Å². The molecule has 2 aliphatic carbocycles. The number of aromatic nitrogens is 4. The molecule has 0 atom stereocenters. The largest absolute Gasteiger partial charge is 0.289 e. The van der Waals surface area contributed by atoms with E-state index in [-0.39, 0.29) is 0 Å². The Bertz CT molecular complexity index is 2070. The zero-order valence-electron chi connectivity index (χ0n) is 18.8. The highest BCUT2D eigenvalue weighted by Gasteiger charge is 2.28. The zero-order chi connectivity index (χ0) is 22.7. The lowest BCUT2D eigenvalue weighted by Gasteiger charge is -2.12. The van der Waals surface area contributed by atoms with Gasteiger partial charge < -0.3 is 0 Å². The van der Waals surface area contributed by atoms with E-state index in [1.54, 1.807) is 0 Å². The highest BCUT2D eigenvalue weighted by atomic mass is 15.0. The predicted molar refractivity (Wildman–Crippen MR) is 140 cm³/mol. The molecule has 3 aromatic carbocycles. The lowest BCUT2D eigenvalue weighted by molar-refractivity contribution is 1.23. The van der Waals surface area contributed by atoms with Crippen LogP contribution in [-0.4, -0.2) is 19.4 Å². The maximum Gasteiger partial charge on any atom is 0.146 e. The first-order valence-corrected chi connectivity index (χ1v) is 12.0. The van der Waals surface area contributed by atoms with Crippen LogP contribution in [0, 0.1) is 0 Å². The van der Waals surface area contributed by atoms with E-state index in [1.165, 1.54) is 60.7 Å². The van der Waals surface area contributed by atoms with Crippen LogP contribution in [0.2, 0.25) is 0 Å². The van der Waals surface area contributed by atoms with Crippen molar-refractivity contribution < 1.29 is 0 Å². The molecule has 2 aliphatic rings. The molecule has 9 rings (SSSR count). The third-order valence-corrected chi connectivity index (χ3v) is 8.00. The van der Waals surface area contributed by atoms with Crippen LogP contribution in [0.4, 0.5) is 0 Å². The number of fused-ring (bicyclic) bond motifs is 15. The topological polar surface area (TPSA) is 43.1 Å². The molecule has 0 amide bonds. The van der Waals surface area contributed by atoms with Gasteiger partial charge >= 0.3 is 0 Å². The quantitative estimate of drug-likeness (QED) is 0.243. The maximum atomic E-state index is 5.12. The highest BCUT2D eigenvalue weighted by molar-refractivity contribution is 6.16. The van der Waals surface area contributed by atoms with Gasteiger partial charge in [0, 0.05) is 23.2 Å². The average molecular weight is 447 g/mol. The molecule has 4 nitrogen and oxygen atoms in total. The molecule has 0 N–H and O–H groups in total. The van der Waals surface area contributed by atoms with Crippen LogP contribution in [0.15, 0.2) is 85.5 Å². The van der Waals surface area contributed by atoms with Gasteiger partial charge in [0.25, 0.3) is 0 Å². The second kappa shape index (κ2) is 6.10. The van der Waals surface area contributed by atoms with Gasteiger partial charge in [-0.2, -0.15) is 0 Å². The highest BCUT2D eigenvalue weighted by Crippen LogP contribution is 2.47. The van der Waals surface area contributed by atoms with Crippen LogP contribution >= 0.6 is 0 Å². The summed E-state index contributed by atoms with van der Waals surface area (Å²) < 4.78 is 2.24. The third kappa shape index (κ3) is 2.15. The minimum Gasteiger partial charge on any atom is -0.289 e. The number of hydrogen-bond donors (Lipinski definition) is 0. The molecule has 0 unspecified atom stereocenters. The van der Waals surface area contributed by atoms with Gasteiger partial charge in [0.15, 0.2) is 0 Å². The summed E-state index contributed by atoms with van der Waals surface area (Å²) in [5, 5.41) is 3.68. The fourth-order valence-electron chi connectivity index (χ4n) is 6.51. The summed E-state index contributed by atoms with van der Waals surface area (Å²) in [6.07, 6.45) is 9.49. The number of nitrogens with zero attached hydrogens (tertiary/aromatic N) is 4. The molecule has 0 aliphatic heterocycles. The van der Waals surface area contributed by atoms with Gasteiger partial charge in [-0.1, -0.05) is 36.4 Å². The van der Waals surface area contributed by atoms with Crippen molar-refractivity contribution in [3.63, 3.8) is 0 Å². The number of rotatable bonds is 0. The van der Waals surface area contributed by atoms with Crippen LogP contribution in [-0.2, 0) is 12.8 Å². The van der Waals surface area contributed by atoms with E-state index in [4.69, 9.17) is 4.98 Å². The fraction of sp³-hybridized carbons (Fsp3) is 0.0645. The van der Waals surface area contributed by atoms with Crippen molar-refractivity contribution in [2.75, 3.05) is 0 Å². The maximum absolute atomic E-state index is 5.12. The summed E-state index contributed by atoms with van der Waals surface area (Å²) in [6, 6.07) is 22.4. The van der Waals surface area contributed by atoms with Crippen LogP contribution in [0.1, 0.15) is 22.3 Å². The smallest absolute Gasteiger partial charge is 0.146 e. The SMILES string of the molecule is c1ccc2c(c1)Cc1cc3c(cc1-2)Cc1c-3ccc2c3ccncc3n3c4cnccc4nc3c12. The number of benzene rings is 3. The normalized spacial score (nSPS) is 13.5. The Labute approximate surface area is 200 Å². The lowest BCUT2D eigenvalue weighted by atomic mass is 9.96. The average Bonchev–Trinajstić information content (AvgIpc) is 3.58. The monoisotopic (exact) mass is 446 g/mol. The van der Waals surface area contributed by atoms with Gasteiger partial charge in [-0.3, -0.25) is 14.4 Å². The van der Waals surface area contributed by atoms with Gasteiger partial charge in [0.05, 0.1) is 28.9 Å². The molecule has 162 valence electrons. The molecule has 4 heterocycles. The molecule has 0 bridgehead atoms. The Morgan fingerprint density at radius 1 is 0.629 bits per heavy atom. The number of imidazole rings is 1. The zero-order valence-corrected chi connectivity index (χ0v) is 18.8. The molecule has 35 heavy (non-hydrogen) atoms. The fourth-order valence-corrected chi connectivity index (χ4v) is 6.51. The van der Waals surface area contributed by atoms with E-state index >= 15 is 0 Å². The summed E-state index contributed by atoms with van der Waals surface area (Å²) in [6.45, 7) is 0. The first kappa shape index (κ1) is 17.8. The van der Waals surface area contributed by atoms with Gasteiger partial charge in [-0.25, -0.2) is 4.98 Å². The molecular weight excluding hydrogens is 428 g/mol. The Kier molecular flexibility index (Phi) is 3.11. The molecule has 7 aromatic rings. The minimum absolute atomic E-state index is 0.922. The standard InChI is InChI=1S/C31H18N4/c1-2-4-20-17(3-1)11-18-12-25-19(13-24(18)20)14-26-21(25)5-6-23-22-7-9-32-15-28(22)35-29-16-33-10-8-27(29)34-31(35)30(23)26/h1-10,12-13,15-16H,11,14H2. The summed E-state index contributed by atoms with van der Waals surface area (Å²) in [7, 11) is 0. The third-order valence-electron chi connectivity index (χ3n) is 8.00. The summed E-state index contributed by atoms with van der Waals surface area (Å²) in [5.41, 5.74) is 15.2. The van der Waals surface area contributed by atoms with E-state index < -0.39 is 0 Å². The van der Waals surface area contributed by atoms with E-state index in [9.17, 15) is 0 Å². The van der Waals surface area contributed by atoms with Crippen molar-refractivity contribution in [2.45, 2.75) is 12.8 Å². The van der Waals surface area contributed by atoms with Crippen LogP contribution in [0.3, 0.4) is 0 Å². The Morgan fingerprint density at radius 2 is 1.43 bits per heavy atom. The first-order valence-electron chi connectivity index (χ1n) is 12.0. The summed E-state index contributed by atoms with van der Waals surface area (Å²) >= 11 is 0. The summed E-state index contributed by atoms with van der Waals surface area (Å²) in [5.74, 6) is 0. The minimum atomic E-state index is 0.922. The second-order valence-electron chi connectivity index (χ2n) is 9.72. The number of hydrogen-bond acceptors (Lipinski definition) is 3. The second-order valence-corrected chi connectivity index (χ2v) is 9.72. The molecule has 0 radical (unpaired) electrons. The van der Waals surface area contributed by atoms with Gasteiger partial charge in [-0.05, 0) is 87.0 Å². The van der Waals surface area contributed by atoms with Crippen LogP contribution in [0.5, 0.6) is 0 Å². The Balaban J connectivity index is 1.40. The van der Waals surface area contributed by atoms with E-state index in [1.807, 2.05) is 30.9 Å². The van der Waals surface area contributed by atoms with E-state index in [0.29, 0.717) is 0 Å². The first-order chi connectivity index (χ1) is 17.3. The summed E-state index contributed by atoms with van der Waals surface area (Å²) in [4.78, 5) is 14.0. The molecule has 0 fully saturated rings. The van der Waals surface area contributed by atoms with Crippen LogP contribution in [0.25, 0.3) is 60.6 Å². The molecule has 4 aromatic heterocycles. The molecule has 0 saturated heterocycles. The van der Waals surface area contributed by atoms with Crippen molar-refractivity contribution in [3.8, 4) is 22.3 Å². The van der Waals surface area contributed by atoms with Gasteiger partial charge in [0.2, 0.25) is 0 Å². The van der Waals surface area contributed by atoms with Gasteiger partial charge in [-0.15, -0.1) is 0 Å². The van der Waals surface area contributed by atoms with Crippen molar-refractivity contribution in [1.82, 2.24) is 19.4 Å². The molecular formula is C31H18N4. The predicted octanol–water partition coefficient (Wildman–Crippen LogP) is 6.73. The number of pyridine rings is 3. The van der Waals surface area contributed by atoms with Crippen molar-refractivity contribution in [3.05, 3.63) is 108 Å². The van der Waals surface area contributed by atoms with Crippen molar-refractivity contribution in [1.29, 1.82) is 0 Å².